The van der Waals surface area contributed by atoms with Crippen molar-refractivity contribution >= 4 is 0 Å². The van der Waals surface area contributed by atoms with Gasteiger partial charge in [-0.1, -0.05) is 13.0 Å². The Kier molecular flexibility index (Phi) is 4.10. The van der Waals surface area contributed by atoms with Gasteiger partial charge in [0.2, 0.25) is 0 Å². The van der Waals surface area contributed by atoms with Crippen molar-refractivity contribution in [2.75, 3.05) is 20.3 Å². The van der Waals surface area contributed by atoms with Crippen molar-refractivity contribution in [1.29, 1.82) is 0 Å². The van der Waals surface area contributed by atoms with Crippen molar-refractivity contribution < 1.29 is 9.47 Å². The molecule has 112 valence electrons. The molecule has 0 saturated heterocycles. The lowest BCUT2D eigenvalue weighted by Crippen LogP contribution is -2.23. The first kappa shape index (κ1) is 13.9. The number of nitrogens with zero attached hydrogens (tertiary/aromatic N) is 2. The first-order chi connectivity index (χ1) is 10.3. The van der Waals surface area contributed by atoms with E-state index in [1.807, 2.05) is 25.5 Å². The van der Waals surface area contributed by atoms with Crippen LogP contribution in [0, 0.1) is 0 Å². The number of rotatable bonds is 5. The highest BCUT2D eigenvalue weighted by Crippen LogP contribution is 2.33. The Morgan fingerprint density at radius 3 is 2.86 bits per heavy atom. The average Bonchev–Trinajstić information content (AvgIpc) is 2.99. The highest BCUT2D eigenvalue weighted by atomic mass is 16.6. The average molecular weight is 287 g/mol. The summed E-state index contributed by atoms with van der Waals surface area (Å²) >= 11 is 0. The molecule has 0 fully saturated rings. The number of fused-ring (bicyclic) bond motifs is 1. The molecule has 1 aromatic heterocycles. The minimum atomic E-state index is 0.209. The highest BCUT2D eigenvalue weighted by molar-refractivity contribution is 5.44. The van der Waals surface area contributed by atoms with E-state index in [2.05, 4.69) is 33.9 Å². The largest absolute Gasteiger partial charge is 0.486 e. The molecule has 3 rings (SSSR count). The van der Waals surface area contributed by atoms with E-state index in [9.17, 15) is 0 Å². The van der Waals surface area contributed by atoms with Crippen LogP contribution in [0.4, 0.5) is 0 Å². The second-order valence-electron chi connectivity index (χ2n) is 5.09. The van der Waals surface area contributed by atoms with Crippen molar-refractivity contribution in [3.63, 3.8) is 0 Å². The maximum Gasteiger partial charge on any atom is 0.161 e. The minimum Gasteiger partial charge on any atom is -0.486 e. The zero-order valence-corrected chi connectivity index (χ0v) is 12.5. The second-order valence-corrected chi connectivity index (χ2v) is 5.09. The first-order valence-electron chi connectivity index (χ1n) is 7.38. The molecule has 1 aliphatic heterocycles. The molecule has 1 aromatic carbocycles. The van der Waals surface area contributed by atoms with Crippen LogP contribution in [0.1, 0.15) is 24.4 Å². The van der Waals surface area contributed by atoms with Gasteiger partial charge in [0.05, 0.1) is 6.04 Å². The van der Waals surface area contributed by atoms with Gasteiger partial charge in [0, 0.05) is 25.4 Å². The minimum absolute atomic E-state index is 0.209. The summed E-state index contributed by atoms with van der Waals surface area (Å²) in [5.41, 5.74) is 1.19. The number of likely N-dealkylation sites (N-methyl/N-ethyl adjacent to an activating group) is 1. The summed E-state index contributed by atoms with van der Waals surface area (Å²) in [4.78, 5) is 4.38. The van der Waals surface area contributed by atoms with E-state index >= 15 is 0 Å². The number of hydrogen-bond acceptors (Lipinski definition) is 4. The molecule has 0 amide bonds. The Morgan fingerprint density at radius 1 is 1.29 bits per heavy atom. The third kappa shape index (κ3) is 2.88. The van der Waals surface area contributed by atoms with E-state index < -0.39 is 0 Å². The lowest BCUT2D eigenvalue weighted by molar-refractivity contribution is 0.171. The number of aryl methyl sites for hydroxylation is 1. The molecule has 1 unspecified atom stereocenters. The van der Waals surface area contributed by atoms with E-state index in [0.29, 0.717) is 13.2 Å². The molecular weight excluding hydrogens is 266 g/mol. The molecule has 21 heavy (non-hydrogen) atoms. The van der Waals surface area contributed by atoms with Gasteiger partial charge in [0.15, 0.2) is 11.5 Å². The van der Waals surface area contributed by atoms with Gasteiger partial charge in [0.1, 0.15) is 19.0 Å². The van der Waals surface area contributed by atoms with Crippen LogP contribution in [-0.4, -0.2) is 29.8 Å². The maximum absolute atomic E-state index is 5.67. The molecule has 5 nitrogen and oxygen atoms in total. The lowest BCUT2D eigenvalue weighted by Gasteiger charge is -2.22. The van der Waals surface area contributed by atoms with Gasteiger partial charge in [-0.15, -0.1) is 0 Å². The molecule has 0 bridgehead atoms. The van der Waals surface area contributed by atoms with Crippen molar-refractivity contribution in [2.24, 2.45) is 0 Å². The smallest absolute Gasteiger partial charge is 0.161 e. The molecule has 0 saturated carbocycles. The number of benzene rings is 1. The summed E-state index contributed by atoms with van der Waals surface area (Å²) in [6.45, 7) is 4.20. The van der Waals surface area contributed by atoms with Gasteiger partial charge in [-0.25, -0.2) is 4.98 Å². The zero-order valence-electron chi connectivity index (χ0n) is 12.5. The number of ether oxygens (including phenoxy) is 2. The Labute approximate surface area is 124 Å². The van der Waals surface area contributed by atoms with Crippen molar-refractivity contribution in [3.05, 3.63) is 42.0 Å². The third-order valence-electron chi connectivity index (χ3n) is 3.81. The normalized spacial score (nSPS) is 15.0. The molecule has 1 N–H and O–H groups in total. The zero-order chi connectivity index (χ0) is 14.7. The summed E-state index contributed by atoms with van der Waals surface area (Å²) in [5, 5.41) is 3.37. The van der Waals surface area contributed by atoms with Gasteiger partial charge in [-0.2, -0.15) is 0 Å². The summed E-state index contributed by atoms with van der Waals surface area (Å²) in [6.07, 6.45) is 4.82. The van der Waals surface area contributed by atoms with Gasteiger partial charge in [0.25, 0.3) is 0 Å². The molecule has 2 heterocycles. The predicted octanol–water partition coefficient (Wildman–Crippen LogP) is 2.18. The van der Waals surface area contributed by atoms with E-state index in [1.54, 1.807) is 0 Å². The molecule has 1 aliphatic rings. The number of aromatic nitrogens is 2. The van der Waals surface area contributed by atoms with Crippen LogP contribution in [0.2, 0.25) is 0 Å². The maximum atomic E-state index is 5.67. The van der Waals surface area contributed by atoms with Crippen LogP contribution < -0.4 is 14.8 Å². The summed E-state index contributed by atoms with van der Waals surface area (Å²) < 4.78 is 13.4. The highest BCUT2D eigenvalue weighted by Gasteiger charge is 2.17. The topological polar surface area (TPSA) is 48.3 Å². The van der Waals surface area contributed by atoms with E-state index in [0.717, 1.165) is 30.3 Å². The van der Waals surface area contributed by atoms with E-state index in [4.69, 9.17) is 9.47 Å². The Balaban J connectivity index is 1.83. The van der Waals surface area contributed by atoms with Crippen LogP contribution in [-0.2, 0) is 13.0 Å². The van der Waals surface area contributed by atoms with Crippen molar-refractivity contribution in [3.8, 4) is 11.5 Å². The van der Waals surface area contributed by atoms with Crippen LogP contribution >= 0.6 is 0 Å². The third-order valence-corrected chi connectivity index (χ3v) is 3.81. The molecule has 0 aliphatic carbocycles. The molecule has 0 radical (unpaired) electrons. The number of imidazole rings is 1. The predicted molar refractivity (Wildman–Crippen MR) is 80.8 cm³/mol. The SMILES string of the molecule is CCc1nccn1CC(NC)c1ccc2c(c1)OCCO2. The van der Waals surface area contributed by atoms with Crippen molar-refractivity contribution in [1.82, 2.24) is 14.9 Å². The van der Waals surface area contributed by atoms with Crippen LogP contribution in [0.15, 0.2) is 30.6 Å². The summed E-state index contributed by atoms with van der Waals surface area (Å²) in [6, 6.07) is 6.36. The van der Waals surface area contributed by atoms with Crippen molar-refractivity contribution in [2.45, 2.75) is 25.9 Å². The Hall–Kier alpha value is -2.01. The standard InChI is InChI=1S/C16H21N3O2/c1-3-16-18-6-7-19(16)11-13(17-2)12-4-5-14-15(10-12)21-9-8-20-14/h4-7,10,13,17H,3,8-9,11H2,1-2H3. The van der Waals surface area contributed by atoms with Crippen LogP contribution in [0.5, 0.6) is 11.5 Å². The van der Waals surface area contributed by atoms with Gasteiger partial charge in [-0.05, 0) is 24.7 Å². The molecule has 0 spiro atoms. The van der Waals surface area contributed by atoms with Gasteiger partial charge < -0.3 is 19.4 Å². The fourth-order valence-electron chi connectivity index (χ4n) is 2.66. The lowest BCUT2D eigenvalue weighted by atomic mass is 10.1. The second kappa shape index (κ2) is 6.18. The summed E-state index contributed by atoms with van der Waals surface area (Å²) in [7, 11) is 1.98. The monoisotopic (exact) mass is 287 g/mol. The Morgan fingerprint density at radius 2 is 2.10 bits per heavy atom. The number of nitrogens with one attached hydrogen (secondary N) is 1. The fraction of sp³-hybridized carbons (Fsp3) is 0.438. The number of hydrogen-bond donors (Lipinski definition) is 1. The fourth-order valence-corrected chi connectivity index (χ4v) is 2.66. The Bertz CT molecular complexity index is 609. The van der Waals surface area contributed by atoms with Crippen LogP contribution in [0.3, 0.4) is 0 Å². The van der Waals surface area contributed by atoms with Gasteiger partial charge in [-0.3, -0.25) is 0 Å². The molecule has 2 aromatic rings. The first-order valence-corrected chi connectivity index (χ1v) is 7.38. The molecular formula is C16H21N3O2. The van der Waals surface area contributed by atoms with Gasteiger partial charge >= 0.3 is 0 Å². The van der Waals surface area contributed by atoms with E-state index in [-0.39, 0.29) is 6.04 Å². The summed E-state index contributed by atoms with van der Waals surface area (Å²) in [5.74, 6) is 2.77. The van der Waals surface area contributed by atoms with Crippen LogP contribution in [0.25, 0.3) is 0 Å². The van der Waals surface area contributed by atoms with E-state index in [1.165, 1.54) is 5.56 Å². The molecule has 5 heteroatoms. The molecule has 1 atom stereocenters. The quantitative estimate of drug-likeness (QED) is 0.915.